The van der Waals surface area contributed by atoms with Gasteiger partial charge in [-0.15, -0.1) is 0 Å². The first kappa shape index (κ1) is 13.5. The molecule has 1 atom stereocenters. The van der Waals surface area contributed by atoms with E-state index in [0.29, 0.717) is 12.3 Å². The number of rotatable bonds is 4. The molecule has 2 nitrogen and oxygen atoms in total. The zero-order valence-electron chi connectivity index (χ0n) is 8.84. The summed E-state index contributed by atoms with van der Waals surface area (Å²) in [6, 6.07) is 0. The van der Waals surface area contributed by atoms with E-state index in [1.54, 1.807) is 6.92 Å². The van der Waals surface area contributed by atoms with E-state index < -0.39 is 7.37 Å². The molecule has 10 heavy (non-hydrogen) atoms. The van der Waals surface area contributed by atoms with Crippen LogP contribution in [0.3, 0.4) is 0 Å². The van der Waals surface area contributed by atoms with Crippen molar-refractivity contribution in [3.63, 3.8) is 0 Å². The third kappa shape index (κ3) is 7.07. The van der Waals surface area contributed by atoms with Crippen LogP contribution in [0.25, 0.3) is 0 Å². The number of hydrogen-bond donors (Lipinski definition) is 1. The molecule has 0 saturated carbocycles. The fourth-order valence-electron chi connectivity index (χ4n) is 0.563. The molecular formula is C6H17MgO2P. The molecule has 0 bridgehead atoms. The maximum atomic E-state index is 10.9. The van der Waals surface area contributed by atoms with Crippen LogP contribution in [0, 0.1) is 0 Å². The molecule has 0 radical (unpaired) electrons. The Bertz CT molecular complexity index is 124. The van der Waals surface area contributed by atoms with Crippen LogP contribution >= 0.6 is 7.37 Å². The molecule has 0 aromatic heterocycles. The summed E-state index contributed by atoms with van der Waals surface area (Å²) in [4.78, 5) is 9.01. The molecular weight excluding hydrogens is 159 g/mol. The van der Waals surface area contributed by atoms with Crippen molar-refractivity contribution >= 4 is 30.4 Å². The van der Waals surface area contributed by atoms with Crippen molar-refractivity contribution in [1.29, 1.82) is 0 Å². The summed E-state index contributed by atoms with van der Waals surface area (Å²) in [7, 11) is -2.69. The monoisotopic (exact) mass is 176 g/mol. The van der Waals surface area contributed by atoms with Gasteiger partial charge >= 0.3 is 23.1 Å². The minimum Gasteiger partial charge on any atom is -1.00 e. The summed E-state index contributed by atoms with van der Waals surface area (Å²) in [5.74, 6) is 0. The van der Waals surface area contributed by atoms with E-state index in [0.717, 1.165) is 12.8 Å². The second-order valence-corrected chi connectivity index (χ2v) is 5.01. The van der Waals surface area contributed by atoms with E-state index in [1.165, 1.54) is 0 Å². The van der Waals surface area contributed by atoms with Crippen LogP contribution in [0.4, 0.5) is 0 Å². The second kappa shape index (κ2) is 6.65. The minimum atomic E-state index is -2.69. The van der Waals surface area contributed by atoms with Crippen LogP contribution in [0.15, 0.2) is 0 Å². The molecule has 1 N–H and O–H groups in total. The van der Waals surface area contributed by atoms with Crippen LogP contribution in [-0.2, 0) is 4.57 Å². The van der Waals surface area contributed by atoms with E-state index in [-0.39, 0.29) is 25.9 Å². The molecule has 0 aliphatic heterocycles. The summed E-state index contributed by atoms with van der Waals surface area (Å²) < 4.78 is 10.9. The van der Waals surface area contributed by atoms with Gasteiger partial charge in [0, 0.05) is 12.3 Å². The molecule has 0 aliphatic carbocycles. The van der Waals surface area contributed by atoms with Gasteiger partial charge in [0.1, 0.15) is 0 Å². The van der Waals surface area contributed by atoms with Gasteiger partial charge in [0.2, 0.25) is 0 Å². The van der Waals surface area contributed by atoms with E-state index in [4.69, 9.17) is 4.89 Å². The SMILES string of the molecule is CCCCP(=O)(O)CC.[H-].[H-].[Mg+2]. The molecule has 0 heterocycles. The second-order valence-electron chi connectivity index (χ2n) is 2.24. The molecule has 0 fully saturated rings. The third-order valence-electron chi connectivity index (χ3n) is 1.36. The average Bonchev–Trinajstić information content (AvgIpc) is 1.84. The first-order chi connectivity index (χ1) is 4.12. The van der Waals surface area contributed by atoms with Gasteiger partial charge in [-0.3, -0.25) is 4.57 Å². The van der Waals surface area contributed by atoms with E-state index >= 15 is 0 Å². The van der Waals surface area contributed by atoms with E-state index in [2.05, 4.69) is 0 Å². The van der Waals surface area contributed by atoms with Crippen LogP contribution in [-0.4, -0.2) is 40.3 Å². The quantitative estimate of drug-likeness (QED) is 0.525. The van der Waals surface area contributed by atoms with Gasteiger partial charge in [0.05, 0.1) is 0 Å². The zero-order chi connectivity index (χ0) is 7.33. The topological polar surface area (TPSA) is 37.3 Å². The Labute approximate surface area is 82.0 Å². The normalized spacial score (nSPS) is 15.5. The molecule has 0 amide bonds. The smallest absolute Gasteiger partial charge is 1.00 e. The Morgan fingerprint density at radius 3 is 2.30 bits per heavy atom. The summed E-state index contributed by atoms with van der Waals surface area (Å²) in [6.07, 6.45) is 2.80. The van der Waals surface area contributed by atoms with Crippen LogP contribution in [0.1, 0.15) is 29.5 Å². The van der Waals surface area contributed by atoms with Gasteiger partial charge < -0.3 is 7.75 Å². The van der Waals surface area contributed by atoms with E-state index in [1.807, 2.05) is 6.92 Å². The Balaban J connectivity index is -0.000000107. The Morgan fingerprint density at radius 2 is 2.00 bits per heavy atom. The van der Waals surface area contributed by atoms with Crippen LogP contribution in [0.2, 0.25) is 0 Å². The average molecular weight is 176 g/mol. The van der Waals surface area contributed by atoms with Crippen molar-refractivity contribution in [2.24, 2.45) is 0 Å². The van der Waals surface area contributed by atoms with Gasteiger partial charge in [-0.2, -0.15) is 0 Å². The predicted molar refractivity (Wildman–Crippen MR) is 48.1 cm³/mol. The van der Waals surface area contributed by atoms with Crippen molar-refractivity contribution in [2.75, 3.05) is 12.3 Å². The molecule has 0 aromatic carbocycles. The predicted octanol–water partition coefficient (Wildman–Crippen LogP) is 1.92. The largest absolute Gasteiger partial charge is 2.00 e. The summed E-state index contributed by atoms with van der Waals surface area (Å²) in [5.41, 5.74) is 0. The summed E-state index contributed by atoms with van der Waals surface area (Å²) in [5, 5.41) is 0. The minimum absolute atomic E-state index is 0. The molecule has 60 valence electrons. The maximum absolute atomic E-state index is 10.9. The molecule has 0 saturated heterocycles. The van der Waals surface area contributed by atoms with Crippen molar-refractivity contribution in [2.45, 2.75) is 26.7 Å². The van der Waals surface area contributed by atoms with Crippen molar-refractivity contribution in [1.82, 2.24) is 0 Å². The molecule has 0 rings (SSSR count). The maximum Gasteiger partial charge on any atom is 2.00 e. The molecule has 4 heteroatoms. The first-order valence-corrected chi connectivity index (χ1v) is 5.46. The zero-order valence-corrected chi connectivity index (χ0v) is 9.15. The molecule has 1 unspecified atom stereocenters. The van der Waals surface area contributed by atoms with Gasteiger partial charge in [-0.25, -0.2) is 0 Å². The van der Waals surface area contributed by atoms with Gasteiger partial charge in [-0.1, -0.05) is 20.3 Å². The standard InChI is InChI=1S/C6H15O2P.Mg.2H/c1-3-5-6-9(7,8)4-2;;;/h3-6H2,1-2H3,(H,7,8);;;/q;+2;2*-1. The van der Waals surface area contributed by atoms with E-state index in [9.17, 15) is 4.57 Å². The Kier molecular flexibility index (Phi) is 9.01. The third-order valence-corrected chi connectivity index (χ3v) is 3.36. The molecule has 0 aromatic rings. The number of unbranched alkanes of at least 4 members (excludes halogenated alkanes) is 1. The van der Waals surface area contributed by atoms with Crippen LogP contribution in [0.5, 0.6) is 0 Å². The first-order valence-electron chi connectivity index (χ1n) is 3.43. The fraction of sp³-hybridized carbons (Fsp3) is 1.00. The van der Waals surface area contributed by atoms with Crippen molar-refractivity contribution < 1.29 is 12.3 Å². The fourth-order valence-corrected chi connectivity index (χ4v) is 1.69. The Hall–Kier alpha value is 0.956. The number of hydrogen-bond acceptors (Lipinski definition) is 1. The molecule has 0 spiro atoms. The van der Waals surface area contributed by atoms with Gasteiger partial charge in [-0.05, 0) is 6.42 Å². The molecule has 0 aliphatic rings. The Morgan fingerprint density at radius 1 is 1.50 bits per heavy atom. The summed E-state index contributed by atoms with van der Waals surface area (Å²) >= 11 is 0. The van der Waals surface area contributed by atoms with Gasteiger partial charge in [0.25, 0.3) is 0 Å². The van der Waals surface area contributed by atoms with Crippen LogP contribution < -0.4 is 0 Å². The van der Waals surface area contributed by atoms with Crippen molar-refractivity contribution in [3.8, 4) is 0 Å². The van der Waals surface area contributed by atoms with Crippen molar-refractivity contribution in [3.05, 3.63) is 0 Å². The summed E-state index contributed by atoms with van der Waals surface area (Å²) in [6.45, 7) is 3.78. The van der Waals surface area contributed by atoms with Gasteiger partial charge in [0.15, 0.2) is 7.37 Å².